The average molecular weight is 211 g/mol. The van der Waals surface area contributed by atoms with Gasteiger partial charge in [-0.05, 0) is 20.8 Å². The van der Waals surface area contributed by atoms with Crippen molar-refractivity contribution in [2.24, 2.45) is 0 Å². The first-order valence-electron chi connectivity index (χ1n) is 4.88. The number of H-pyrrole nitrogens is 1. The molecule has 1 heterocycles. The van der Waals surface area contributed by atoms with Crippen molar-refractivity contribution in [2.75, 3.05) is 13.7 Å². The van der Waals surface area contributed by atoms with E-state index in [9.17, 15) is 4.79 Å². The molecular formula is C10H17N3O2. The molecule has 0 aliphatic rings. The van der Waals surface area contributed by atoms with Crippen LogP contribution >= 0.6 is 0 Å². The normalized spacial score (nSPS) is 12.6. The van der Waals surface area contributed by atoms with Crippen LogP contribution in [0.4, 0.5) is 0 Å². The summed E-state index contributed by atoms with van der Waals surface area (Å²) in [5, 5.41) is 15.7. The standard InChI is InChI=1S/C10H17N3O2/c1-6(5-14)13(4)10(15)9-7(2)11-12-8(9)3/h6,14H,5H2,1-4H3,(H,11,12). The minimum absolute atomic E-state index is 0.0435. The molecule has 5 nitrogen and oxygen atoms in total. The first-order valence-corrected chi connectivity index (χ1v) is 4.88. The van der Waals surface area contributed by atoms with Crippen LogP contribution in [0.15, 0.2) is 0 Å². The Morgan fingerprint density at radius 3 is 2.60 bits per heavy atom. The summed E-state index contributed by atoms with van der Waals surface area (Å²) < 4.78 is 0. The number of nitrogens with one attached hydrogen (secondary N) is 1. The van der Waals surface area contributed by atoms with Gasteiger partial charge in [-0.3, -0.25) is 9.89 Å². The maximum absolute atomic E-state index is 12.0. The Morgan fingerprint density at radius 1 is 1.60 bits per heavy atom. The van der Waals surface area contributed by atoms with Crippen molar-refractivity contribution in [3.05, 3.63) is 17.0 Å². The Balaban J connectivity index is 2.94. The molecule has 1 rings (SSSR count). The van der Waals surface area contributed by atoms with Crippen molar-refractivity contribution in [1.82, 2.24) is 15.1 Å². The van der Waals surface area contributed by atoms with Crippen molar-refractivity contribution in [3.63, 3.8) is 0 Å². The van der Waals surface area contributed by atoms with Crippen molar-refractivity contribution in [3.8, 4) is 0 Å². The molecule has 0 aromatic carbocycles. The summed E-state index contributed by atoms with van der Waals surface area (Å²) in [5.41, 5.74) is 2.04. The molecule has 0 spiro atoms. The summed E-state index contributed by atoms with van der Waals surface area (Å²) in [7, 11) is 1.68. The minimum Gasteiger partial charge on any atom is -0.394 e. The first-order chi connectivity index (χ1) is 6.99. The van der Waals surface area contributed by atoms with Gasteiger partial charge in [0.05, 0.1) is 23.9 Å². The van der Waals surface area contributed by atoms with E-state index in [0.717, 1.165) is 5.69 Å². The van der Waals surface area contributed by atoms with Crippen LogP contribution in [0.25, 0.3) is 0 Å². The van der Waals surface area contributed by atoms with Crippen LogP contribution in [0.2, 0.25) is 0 Å². The van der Waals surface area contributed by atoms with Gasteiger partial charge in [-0.15, -0.1) is 0 Å². The Hall–Kier alpha value is -1.36. The lowest BCUT2D eigenvalue weighted by Gasteiger charge is -2.23. The summed E-state index contributed by atoms with van der Waals surface area (Å²) in [6.07, 6.45) is 0. The van der Waals surface area contributed by atoms with Gasteiger partial charge >= 0.3 is 0 Å². The molecule has 1 aromatic heterocycles. The number of carbonyl (C=O) groups is 1. The fraction of sp³-hybridized carbons (Fsp3) is 0.600. The quantitative estimate of drug-likeness (QED) is 0.764. The smallest absolute Gasteiger partial charge is 0.257 e. The molecule has 15 heavy (non-hydrogen) atoms. The average Bonchev–Trinajstić information content (AvgIpc) is 2.55. The highest BCUT2D eigenvalue weighted by molar-refractivity contribution is 5.96. The number of amides is 1. The highest BCUT2D eigenvalue weighted by Gasteiger charge is 2.21. The molecule has 5 heteroatoms. The number of aromatic amines is 1. The Labute approximate surface area is 89.1 Å². The van der Waals surface area contributed by atoms with Gasteiger partial charge in [0, 0.05) is 12.7 Å². The van der Waals surface area contributed by atoms with Crippen LogP contribution in [-0.4, -0.2) is 45.8 Å². The first kappa shape index (κ1) is 11.7. The number of rotatable bonds is 3. The molecule has 0 bridgehead atoms. The minimum atomic E-state index is -0.189. The Kier molecular flexibility index (Phi) is 3.47. The van der Waals surface area contributed by atoms with E-state index in [0.29, 0.717) is 11.3 Å². The van der Waals surface area contributed by atoms with Crippen LogP contribution in [0, 0.1) is 13.8 Å². The third-order valence-corrected chi connectivity index (χ3v) is 2.59. The van der Waals surface area contributed by atoms with Crippen molar-refractivity contribution in [2.45, 2.75) is 26.8 Å². The molecule has 1 amide bonds. The highest BCUT2D eigenvalue weighted by atomic mass is 16.3. The monoisotopic (exact) mass is 211 g/mol. The van der Waals surface area contributed by atoms with Gasteiger partial charge in [0.15, 0.2) is 0 Å². The predicted octanol–water partition coefficient (Wildman–Crippen LogP) is 0.479. The number of hydrogen-bond donors (Lipinski definition) is 2. The van der Waals surface area contributed by atoms with Crippen molar-refractivity contribution < 1.29 is 9.90 Å². The molecule has 1 unspecified atom stereocenters. The van der Waals surface area contributed by atoms with Crippen LogP contribution < -0.4 is 0 Å². The number of aryl methyl sites for hydroxylation is 2. The molecule has 0 radical (unpaired) electrons. The lowest BCUT2D eigenvalue weighted by molar-refractivity contribution is 0.0681. The molecule has 0 saturated carbocycles. The van der Waals surface area contributed by atoms with E-state index < -0.39 is 0 Å². The number of likely N-dealkylation sites (N-methyl/N-ethyl adjacent to an activating group) is 1. The number of aliphatic hydroxyl groups is 1. The van der Waals surface area contributed by atoms with Gasteiger partial charge in [0.1, 0.15) is 0 Å². The lowest BCUT2D eigenvalue weighted by Crippen LogP contribution is -2.37. The van der Waals surface area contributed by atoms with Crippen molar-refractivity contribution in [1.29, 1.82) is 0 Å². The van der Waals surface area contributed by atoms with Crippen molar-refractivity contribution >= 4 is 5.91 Å². The Bertz CT molecular complexity index is 340. The van der Waals surface area contributed by atoms with Crippen LogP contribution in [0.5, 0.6) is 0 Å². The number of aliphatic hydroxyl groups excluding tert-OH is 1. The van der Waals surface area contributed by atoms with E-state index in [1.807, 2.05) is 6.92 Å². The van der Waals surface area contributed by atoms with Gasteiger partial charge < -0.3 is 10.0 Å². The second-order valence-corrected chi connectivity index (χ2v) is 3.76. The topological polar surface area (TPSA) is 69.2 Å². The SMILES string of the molecule is Cc1n[nH]c(C)c1C(=O)N(C)C(C)CO. The van der Waals surface area contributed by atoms with E-state index in [4.69, 9.17) is 5.11 Å². The molecule has 1 aromatic rings. The van der Waals surface area contributed by atoms with E-state index in [2.05, 4.69) is 10.2 Å². The molecule has 0 aliphatic heterocycles. The van der Waals surface area contributed by atoms with Gasteiger partial charge in [-0.1, -0.05) is 0 Å². The van der Waals surface area contributed by atoms with Crippen LogP contribution in [-0.2, 0) is 0 Å². The fourth-order valence-corrected chi connectivity index (χ4v) is 1.37. The predicted molar refractivity (Wildman–Crippen MR) is 56.7 cm³/mol. The number of aromatic nitrogens is 2. The van der Waals surface area contributed by atoms with Crippen LogP contribution in [0.1, 0.15) is 28.7 Å². The highest BCUT2D eigenvalue weighted by Crippen LogP contribution is 2.13. The molecule has 1 atom stereocenters. The lowest BCUT2D eigenvalue weighted by atomic mass is 10.1. The largest absolute Gasteiger partial charge is 0.394 e. The van der Waals surface area contributed by atoms with E-state index >= 15 is 0 Å². The van der Waals surface area contributed by atoms with Gasteiger partial charge in [0.2, 0.25) is 0 Å². The molecule has 0 aliphatic carbocycles. The van der Waals surface area contributed by atoms with Crippen LogP contribution in [0.3, 0.4) is 0 Å². The number of nitrogens with zero attached hydrogens (tertiary/aromatic N) is 2. The zero-order valence-electron chi connectivity index (χ0n) is 9.53. The Morgan fingerprint density at radius 2 is 2.20 bits per heavy atom. The summed E-state index contributed by atoms with van der Waals surface area (Å²) in [4.78, 5) is 13.5. The number of hydrogen-bond acceptors (Lipinski definition) is 3. The summed E-state index contributed by atoms with van der Waals surface area (Å²) in [5.74, 6) is -0.111. The van der Waals surface area contributed by atoms with E-state index in [-0.39, 0.29) is 18.6 Å². The molecule has 2 N–H and O–H groups in total. The molecule has 0 saturated heterocycles. The third kappa shape index (κ3) is 2.18. The maximum atomic E-state index is 12.0. The molecular weight excluding hydrogens is 194 g/mol. The fourth-order valence-electron chi connectivity index (χ4n) is 1.37. The van der Waals surface area contributed by atoms with E-state index in [1.54, 1.807) is 20.9 Å². The maximum Gasteiger partial charge on any atom is 0.257 e. The van der Waals surface area contributed by atoms with E-state index in [1.165, 1.54) is 4.90 Å². The molecule has 84 valence electrons. The summed E-state index contributed by atoms with van der Waals surface area (Å²) in [6.45, 7) is 5.35. The second kappa shape index (κ2) is 4.44. The van der Waals surface area contributed by atoms with Gasteiger partial charge in [-0.2, -0.15) is 5.10 Å². The van der Waals surface area contributed by atoms with Gasteiger partial charge in [0.25, 0.3) is 5.91 Å². The second-order valence-electron chi connectivity index (χ2n) is 3.76. The summed E-state index contributed by atoms with van der Waals surface area (Å²) >= 11 is 0. The third-order valence-electron chi connectivity index (χ3n) is 2.59. The number of carbonyl (C=O) groups excluding carboxylic acids is 1. The molecule has 0 fully saturated rings. The zero-order valence-corrected chi connectivity index (χ0v) is 9.53. The van der Waals surface area contributed by atoms with Gasteiger partial charge in [-0.25, -0.2) is 0 Å². The zero-order chi connectivity index (χ0) is 11.6. The summed E-state index contributed by atoms with van der Waals surface area (Å²) in [6, 6.07) is -0.189.